The van der Waals surface area contributed by atoms with Crippen molar-refractivity contribution in [3.8, 4) is 0 Å². The second kappa shape index (κ2) is 7.19. The van der Waals surface area contributed by atoms with Crippen LogP contribution in [0.2, 0.25) is 0 Å². The molecule has 9 heteroatoms. The van der Waals surface area contributed by atoms with Gasteiger partial charge in [-0.15, -0.1) is 0 Å². The van der Waals surface area contributed by atoms with Gasteiger partial charge in [0.15, 0.2) is 0 Å². The minimum absolute atomic E-state index is 0.0886. The highest BCUT2D eigenvalue weighted by atomic mass is 16.6. The quantitative estimate of drug-likeness (QED) is 0.521. The highest BCUT2D eigenvalue weighted by Crippen LogP contribution is 2.38. The molecule has 1 unspecified atom stereocenters. The molecule has 0 fully saturated rings. The molecule has 1 atom stereocenters. The van der Waals surface area contributed by atoms with Crippen LogP contribution in [0.25, 0.3) is 0 Å². The molecule has 0 saturated heterocycles. The van der Waals surface area contributed by atoms with Crippen LogP contribution in [-0.2, 0) is 4.79 Å². The highest BCUT2D eigenvalue weighted by molar-refractivity contribution is 6.06. The topological polar surface area (TPSA) is 115 Å². The van der Waals surface area contributed by atoms with Crippen LogP contribution in [0, 0.1) is 17.0 Å². The molecule has 1 aromatic heterocycles. The van der Waals surface area contributed by atoms with Gasteiger partial charge < -0.3 is 10.6 Å². The first-order valence-corrected chi connectivity index (χ1v) is 8.94. The van der Waals surface area contributed by atoms with Crippen LogP contribution >= 0.6 is 0 Å². The van der Waals surface area contributed by atoms with Gasteiger partial charge in [0.1, 0.15) is 12.4 Å². The summed E-state index contributed by atoms with van der Waals surface area (Å²) < 4.78 is 1.49. The van der Waals surface area contributed by atoms with Crippen LogP contribution in [-0.4, -0.2) is 25.6 Å². The number of allylic oxidation sites excluding steroid dienone is 1. The van der Waals surface area contributed by atoms with Crippen LogP contribution in [0.1, 0.15) is 24.1 Å². The van der Waals surface area contributed by atoms with E-state index in [1.54, 1.807) is 37.3 Å². The predicted octanol–water partition coefficient (Wildman–Crippen LogP) is 3.42. The summed E-state index contributed by atoms with van der Waals surface area (Å²) in [5.74, 6) is 0.0423. The Bertz CT molecular complexity index is 1130. The fraction of sp³-hybridized carbons (Fsp3) is 0.150. The number of nitrogens with zero attached hydrogens (tertiary/aromatic N) is 4. The first-order valence-electron chi connectivity index (χ1n) is 8.94. The average Bonchev–Trinajstić information content (AvgIpc) is 3.16. The van der Waals surface area contributed by atoms with Gasteiger partial charge in [-0.1, -0.05) is 29.8 Å². The Morgan fingerprint density at radius 3 is 2.62 bits per heavy atom. The first-order chi connectivity index (χ1) is 14.0. The smallest absolute Gasteiger partial charge is 0.275 e. The number of hydrogen-bond donors (Lipinski definition) is 2. The zero-order valence-electron chi connectivity index (χ0n) is 15.8. The Hall–Kier alpha value is -4.01. The number of carbonyl (C=O) groups excluding carboxylic acids is 1. The Morgan fingerprint density at radius 2 is 1.90 bits per heavy atom. The van der Waals surface area contributed by atoms with Crippen molar-refractivity contribution in [3.05, 3.63) is 87.4 Å². The van der Waals surface area contributed by atoms with Crippen molar-refractivity contribution >= 4 is 23.2 Å². The molecule has 0 radical (unpaired) electrons. The van der Waals surface area contributed by atoms with Crippen LogP contribution in [0.3, 0.4) is 0 Å². The standard InChI is InChI=1S/C20H18N6O3/c1-12-7-9-14(10-8-12)24-19(27)17-13(2)23-20-21-11-22-25(20)18(17)15-5-3-4-6-16(15)26(28)29/h3-11,18H,1-2H3,(H,24,27)(H,21,22,23). The van der Waals surface area contributed by atoms with E-state index in [4.69, 9.17) is 0 Å². The zero-order valence-corrected chi connectivity index (χ0v) is 15.8. The van der Waals surface area contributed by atoms with E-state index in [-0.39, 0.29) is 11.6 Å². The summed E-state index contributed by atoms with van der Waals surface area (Å²) in [7, 11) is 0. The third kappa shape index (κ3) is 3.33. The number of amides is 1. The number of fused-ring (bicyclic) bond motifs is 1. The molecule has 3 aromatic rings. The van der Waals surface area contributed by atoms with Crippen molar-refractivity contribution in [3.63, 3.8) is 0 Å². The molecule has 2 aromatic carbocycles. The monoisotopic (exact) mass is 390 g/mol. The number of nitro benzene ring substituents is 1. The Kier molecular flexibility index (Phi) is 4.55. The number of aromatic nitrogens is 3. The molecule has 0 bridgehead atoms. The van der Waals surface area contributed by atoms with Crippen molar-refractivity contribution in [1.82, 2.24) is 14.8 Å². The molecule has 0 aliphatic carbocycles. The summed E-state index contributed by atoms with van der Waals surface area (Å²) in [4.78, 5) is 28.5. The number of aryl methyl sites for hydroxylation is 1. The lowest BCUT2D eigenvalue weighted by atomic mass is 9.93. The van der Waals surface area contributed by atoms with Gasteiger partial charge in [0.25, 0.3) is 11.6 Å². The van der Waals surface area contributed by atoms with E-state index >= 15 is 0 Å². The number of anilines is 2. The SMILES string of the molecule is CC1=C(C(=O)Nc2ccc(C)cc2)C(c2ccccc2[N+](=O)[O-])n2ncnc2N1. The van der Waals surface area contributed by atoms with Crippen molar-refractivity contribution < 1.29 is 9.72 Å². The van der Waals surface area contributed by atoms with Gasteiger partial charge in [0, 0.05) is 17.5 Å². The number of hydrogen-bond acceptors (Lipinski definition) is 6. The lowest BCUT2D eigenvalue weighted by molar-refractivity contribution is -0.385. The first kappa shape index (κ1) is 18.4. The number of benzene rings is 2. The van der Waals surface area contributed by atoms with E-state index < -0.39 is 11.0 Å². The molecule has 146 valence electrons. The molecule has 4 rings (SSSR count). The Balaban J connectivity index is 1.81. The molecular weight excluding hydrogens is 372 g/mol. The summed E-state index contributed by atoms with van der Waals surface area (Å²) in [5.41, 5.74) is 2.86. The van der Waals surface area contributed by atoms with Gasteiger partial charge in [0.05, 0.1) is 16.1 Å². The number of nitrogens with one attached hydrogen (secondary N) is 2. The minimum Gasteiger partial charge on any atom is -0.328 e. The third-order valence-electron chi connectivity index (χ3n) is 4.78. The zero-order chi connectivity index (χ0) is 20.5. The number of rotatable bonds is 4. The summed E-state index contributed by atoms with van der Waals surface area (Å²) in [6.45, 7) is 3.70. The number of carbonyl (C=O) groups is 1. The van der Waals surface area contributed by atoms with Crippen LogP contribution < -0.4 is 10.6 Å². The second-order valence-corrected chi connectivity index (χ2v) is 6.73. The van der Waals surface area contributed by atoms with Crippen molar-refractivity contribution in [1.29, 1.82) is 0 Å². The number of nitro groups is 1. The van der Waals surface area contributed by atoms with Gasteiger partial charge in [-0.3, -0.25) is 14.9 Å². The van der Waals surface area contributed by atoms with E-state index in [2.05, 4.69) is 20.7 Å². The molecular formula is C20H18N6O3. The fourth-order valence-corrected chi connectivity index (χ4v) is 3.39. The van der Waals surface area contributed by atoms with Gasteiger partial charge in [0.2, 0.25) is 5.95 Å². The molecule has 1 amide bonds. The molecule has 2 heterocycles. The minimum atomic E-state index is -0.791. The lowest BCUT2D eigenvalue weighted by Crippen LogP contribution is -2.31. The second-order valence-electron chi connectivity index (χ2n) is 6.73. The number of para-hydroxylation sites is 1. The molecule has 9 nitrogen and oxygen atoms in total. The van der Waals surface area contributed by atoms with Crippen molar-refractivity contribution in [2.45, 2.75) is 19.9 Å². The molecule has 2 N–H and O–H groups in total. The molecule has 1 aliphatic rings. The largest absolute Gasteiger partial charge is 0.328 e. The van der Waals surface area contributed by atoms with Crippen LogP contribution in [0.5, 0.6) is 0 Å². The van der Waals surface area contributed by atoms with E-state index in [0.29, 0.717) is 28.5 Å². The lowest BCUT2D eigenvalue weighted by Gasteiger charge is -2.28. The predicted molar refractivity (Wildman–Crippen MR) is 107 cm³/mol. The highest BCUT2D eigenvalue weighted by Gasteiger charge is 2.36. The molecule has 0 saturated carbocycles. The maximum absolute atomic E-state index is 13.2. The Morgan fingerprint density at radius 1 is 1.17 bits per heavy atom. The molecule has 1 aliphatic heterocycles. The maximum atomic E-state index is 13.2. The van der Waals surface area contributed by atoms with E-state index in [0.717, 1.165) is 5.56 Å². The van der Waals surface area contributed by atoms with Crippen molar-refractivity contribution in [2.75, 3.05) is 10.6 Å². The maximum Gasteiger partial charge on any atom is 0.275 e. The molecule has 0 spiro atoms. The fourth-order valence-electron chi connectivity index (χ4n) is 3.39. The van der Waals surface area contributed by atoms with Gasteiger partial charge in [-0.2, -0.15) is 10.1 Å². The summed E-state index contributed by atoms with van der Waals surface area (Å²) in [5, 5.41) is 21.8. The normalized spacial score (nSPS) is 15.4. The summed E-state index contributed by atoms with van der Waals surface area (Å²) in [6.07, 6.45) is 1.35. The molecule has 29 heavy (non-hydrogen) atoms. The van der Waals surface area contributed by atoms with E-state index in [9.17, 15) is 14.9 Å². The van der Waals surface area contributed by atoms with Gasteiger partial charge >= 0.3 is 0 Å². The summed E-state index contributed by atoms with van der Waals surface area (Å²) in [6, 6.07) is 12.9. The third-order valence-corrected chi connectivity index (χ3v) is 4.78. The van der Waals surface area contributed by atoms with Crippen LogP contribution in [0.4, 0.5) is 17.3 Å². The van der Waals surface area contributed by atoms with Gasteiger partial charge in [-0.25, -0.2) is 4.68 Å². The van der Waals surface area contributed by atoms with Crippen molar-refractivity contribution in [2.24, 2.45) is 0 Å². The summed E-state index contributed by atoms with van der Waals surface area (Å²) >= 11 is 0. The van der Waals surface area contributed by atoms with Crippen LogP contribution in [0.15, 0.2) is 66.1 Å². The average molecular weight is 390 g/mol. The van der Waals surface area contributed by atoms with E-state index in [1.807, 2.05) is 19.1 Å². The Labute approximate surface area is 166 Å². The van der Waals surface area contributed by atoms with E-state index in [1.165, 1.54) is 17.1 Å². The van der Waals surface area contributed by atoms with Gasteiger partial charge in [-0.05, 0) is 32.0 Å².